The lowest BCUT2D eigenvalue weighted by molar-refractivity contribution is -0.117. The number of carbonyl (C=O) groups is 1. The molecule has 0 saturated carbocycles. The molecule has 0 aliphatic rings. The highest BCUT2D eigenvalue weighted by Gasteiger charge is 2.13. The average Bonchev–Trinajstić information content (AvgIpc) is 2.45. The Kier molecular flexibility index (Phi) is 6.53. The summed E-state index contributed by atoms with van der Waals surface area (Å²) in [5, 5.41) is 2.92. The first-order valence-corrected chi connectivity index (χ1v) is 6.99. The minimum Gasteiger partial charge on any atom is -0.324 e. The van der Waals surface area contributed by atoms with Crippen LogP contribution in [0.2, 0.25) is 0 Å². The number of amides is 1. The van der Waals surface area contributed by atoms with Crippen molar-refractivity contribution in [2.75, 3.05) is 18.4 Å². The lowest BCUT2D eigenvalue weighted by Gasteiger charge is -2.20. The summed E-state index contributed by atoms with van der Waals surface area (Å²) >= 11 is 0. The Morgan fingerprint density at radius 1 is 1.26 bits per heavy atom. The molecule has 4 heteroatoms. The Labute approximate surface area is 116 Å². The average molecular weight is 263 g/mol. The Balaban J connectivity index is 2.81. The molecule has 0 bridgehead atoms. The van der Waals surface area contributed by atoms with Gasteiger partial charge in [-0.1, -0.05) is 39.0 Å². The summed E-state index contributed by atoms with van der Waals surface area (Å²) in [5.41, 5.74) is 7.74. The number of anilines is 1. The number of para-hydroxylation sites is 1. The SMILES string of the molecule is CCC(N)C(=O)Nc1ccccc1CN(CC)CC. The zero-order valence-corrected chi connectivity index (χ0v) is 12.1. The molecule has 0 heterocycles. The summed E-state index contributed by atoms with van der Waals surface area (Å²) in [4.78, 5) is 14.2. The highest BCUT2D eigenvalue weighted by atomic mass is 16.2. The van der Waals surface area contributed by atoms with E-state index in [1.165, 1.54) is 0 Å². The smallest absolute Gasteiger partial charge is 0.241 e. The molecule has 0 fully saturated rings. The Bertz CT molecular complexity index is 402. The van der Waals surface area contributed by atoms with Gasteiger partial charge in [0, 0.05) is 12.2 Å². The standard InChI is InChI=1S/C15H25N3O/c1-4-13(16)15(19)17-14-10-8-7-9-12(14)11-18(5-2)6-3/h7-10,13H,4-6,11,16H2,1-3H3,(H,17,19). The van der Waals surface area contributed by atoms with Gasteiger partial charge in [0.25, 0.3) is 0 Å². The van der Waals surface area contributed by atoms with Gasteiger partial charge in [-0.15, -0.1) is 0 Å². The minimum absolute atomic E-state index is 0.116. The van der Waals surface area contributed by atoms with Crippen molar-refractivity contribution >= 4 is 11.6 Å². The van der Waals surface area contributed by atoms with Gasteiger partial charge < -0.3 is 11.1 Å². The highest BCUT2D eigenvalue weighted by Crippen LogP contribution is 2.17. The van der Waals surface area contributed by atoms with Crippen LogP contribution in [0.5, 0.6) is 0 Å². The van der Waals surface area contributed by atoms with E-state index in [1.54, 1.807) is 0 Å². The molecule has 4 nitrogen and oxygen atoms in total. The molecule has 0 spiro atoms. The van der Waals surface area contributed by atoms with E-state index in [0.717, 1.165) is 30.9 Å². The summed E-state index contributed by atoms with van der Waals surface area (Å²) in [7, 11) is 0. The highest BCUT2D eigenvalue weighted by molar-refractivity contribution is 5.95. The predicted octanol–water partition coefficient (Wildman–Crippen LogP) is 2.20. The van der Waals surface area contributed by atoms with Crippen molar-refractivity contribution in [3.8, 4) is 0 Å². The molecule has 1 aromatic rings. The van der Waals surface area contributed by atoms with Crippen LogP contribution in [0, 0.1) is 0 Å². The summed E-state index contributed by atoms with van der Waals surface area (Å²) in [6, 6.07) is 7.46. The van der Waals surface area contributed by atoms with Crippen LogP contribution in [0.3, 0.4) is 0 Å². The molecule has 1 atom stereocenters. The topological polar surface area (TPSA) is 58.4 Å². The van der Waals surface area contributed by atoms with E-state index in [4.69, 9.17) is 5.73 Å². The summed E-state index contributed by atoms with van der Waals surface area (Å²) in [6.07, 6.45) is 0.643. The number of nitrogens with two attached hydrogens (primary N) is 1. The van der Waals surface area contributed by atoms with Crippen molar-refractivity contribution < 1.29 is 4.79 Å². The summed E-state index contributed by atoms with van der Waals surface area (Å²) in [6.45, 7) is 9.01. The van der Waals surface area contributed by atoms with E-state index in [-0.39, 0.29) is 5.91 Å². The quantitative estimate of drug-likeness (QED) is 0.793. The molecule has 1 aromatic carbocycles. The van der Waals surface area contributed by atoms with E-state index in [9.17, 15) is 4.79 Å². The maximum absolute atomic E-state index is 11.9. The number of hydrogen-bond donors (Lipinski definition) is 2. The number of carbonyl (C=O) groups excluding carboxylic acids is 1. The molecular formula is C15H25N3O. The molecule has 1 rings (SSSR count). The minimum atomic E-state index is -0.443. The van der Waals surface area contributed by atoms with E-state index in [2.05, 4.69) is 24.1 Å². The number of benzene rings is 1. The molecule has 0 saturated heterocycles. The maximum atomic E-state index is 11.9. The zero-order chi connectivity index (χ0) is 14.3. The lowest BCUT2D eigenvalue weighted by atomic mass is 10.1. The fourth-order valence-electron chi connectivity index (χ4n) is 1.88. The zero-order valence-electron chi connectivity index (χ0n) is 12.1. The second kappa shape index (κ2) is 7.92. The normalized spacial score (nSPS) is 12.5. The van der Waals surface area contributed by atoms with Gasteiger partial charge in [0.05, 0.1) is 6.04 Å². The number of nitrogens with one attached hydrogen (secondary N) is 1. The molecule has 0 aliphatic carbocycles. The van der Waals surface area contributed by atoms with Crippen LogP contribution in [0.1, 0.15) is 32.8 Å². The molecule has 1 unspecified atom stereocenters. The van der Waals surface area contributed by atoms with Crippen molar-refractivity contribution in [1.82, 2.24) is 4.90 Å². The van der Waals surface area contributed by atoms with Gasteiger partial charge in [-0.3, -0.25) is 9.69 Å². The van der Waals surface area contributed by atoms with Gasteiger partial charge in [-0.2, -0.15) is 0 Å². The molecule has 106 valence electrons. The van der Waals surface area contributed by atoms with Crippen LogP contribution in [0.4, 0.5) is 5.69 Å². The van der Waals surface area contributed by atoms with E-state index in [0.29, 0.717) is 6.42 Å². The van der Waals surface area contributed by atoms with Gasteiger partial charge in [0.15, 0.2) is 0 Å². The van der Waals surface area contributed by atoms with Crippen LogP contribution >= 0.6 is 0 Å². The molecule has 3 N–H and O–H groups in total. The first-order valence-electron chi connectivity index (χ1n) is 6.99. The third kappa shape index (κ3) is 4.65. The Morgan fingerprint density at radius 2 is 1.89 bits per heavy atom. The Hall–Kier alpha value is -1.39. The van der Waals surface area contributed by atoms with E-state index >= 15 is 0 Å². The number of rotatable bonds is 7. The van der Waals surface area contributed by atoms with E-state index < -0.39 is 6.04 Å². The van der Waals surface area contributed by atoms with Gasteiger partial charge >= 0.3 is 0 Å². The molecule has 1 amide bonds. The second-order valence-corrected chi connectivity index (χ2v) is 4.62. The lowest BCUT2D eigenvalue weighted by Crippen LogP contribution is -2.35. The molecular weight excluding hydrogens is 238 g/mol. The molecule has 0 aliphatic heterocycles. The Morgan fingerprint density at radius 3 is 2.47 bits per heavy atom. The van der Waals surface area contributed by atoms with Crippen LogP contribution in [0.15, 0.2) is 24.3 Å². The van der Waals surface area contributed by atoms with Crippen LogP contribution in [-0.4, -0.2) is 29.9 Å². The first-order chi connectivity index (χ1) is 9.12. The van der Waals surface area contributed by atoms with Crippen molar-refractivity contribution in [2.24, 2.45) is 5.73 Å². The third-order valence-electron chi connectivity index (χ3n) is 3.34. The van der Waals surface area contributed by atoms with Crippen molar-refractivity contribution in [2.45, 2.75) is 39.8 Å². The second-order valence-electron chi connectivity index (χ2n) is 4.62. The molecule has 0 radical (unpaired) electrons. The van der Waals surface area contributed by atoms with Crippen LogP contribution in [0.25, 0.3) is 0 Å². The monoisotopic (exact) mass is 263 g/mol. The fourth-order valence-corrected chi connectivity index (χ4v) is 1.88. The third-order valence-corrected chi connectivity index (χ3v) is 3.34. The largest absolute Gasteiger partial charge is 0.324 e. The van der Waals surface area contributed by atoms with Crippen molar-refractivity contribution in [3.63, 3.8) is 0 Å². The maximum Gasteiger partial charge on any atom is 0.241 e. The first kappa shape index (κ1) is 15.7. The van der Waals surface area contributed by atoms with Gasteiger partial charge in [0.1, 0.15) is 0 Å². The van der Waals surface area contributed by atoms with Crippen molar-refractivity contribution in [3.05, 3.63) is 29.8 Å². The number of hydrogen-bond acceptors (Lipinski definition) is 3. The van der Waals surface area contributed by atoms with E-state index in [1.807, 2.05) is 31.2 Å². The van der Waals surface area contributed by atoms with Gasteiger partial charge in [-0.05, 0) is 31.1 Å². The molecule has 19 heavy (non-hydrogen) atoms. The van der Waals surface area contributed by atoms with Crippen molar-refractivity contribution in [1.29, 1.82) is 0 Å². The number of nitrogens with zero attached hydrogens (tertiary/aromatic N) is 1. The predicted molar refractivity (Wildman–Crippen MR) is 80.0 cm³/mol. The van der Waals surface area contributed by atoms with Gasteiger partial charge in [0.2, 0.25) is 5.91 Å². The van der Waals surface area contributed by atoms with Gasteiger partial charge in [-0.25, -0.2) is 0 Å². The van der Waals surface area contributed by atoms with Crippen LogP contribution in [-0.2, 0) is 11.3 Å². The summed E-state index contributed by atoms with van der Waals surface area (Å²) in [5.74, 6) is -0.116. The molecule has 0 aromatic heterocycles. The fraction of sp³-hybridized carbons (Fsp3) is 0.533. The summed E-state index contributed by atoms with van der Waals surface area (Å²) < 4.78 is 0. The van der Waals surface area contributed by atoms with Crippen LogP contribution < -0.4 is 11.1 Å².